The van der Waals surface area contributed by atoms with Crippen LogP contribution in [0.1, 0.15) is 12.0 Å². The Labute approximate surface area is 119 Å². The van der Waals surface area contributed by atoms with Crippen molar-refractivity contribution in [2.75, 3.05) is 20.2 Å². The molecule has 1 aliphatic heterocycles. The number of rotatable bonds is 3. The number of carbonyl (C=O) groups is 2. The van der Waals surface area contributed by atoms with Gasteiger partial charge in [-0.15, -0.1) is 12.4 Å². The normalized spacial score (nSPS) is 19.6. The summed E-state index contributed by atoms with van der Waals surface area (Å²) in [6, 6.07) is 10.0. The predicted molar refractivity (Wildman–Crippen MR) is 74.1 cm³/mol. The number of nitrogens with zero attached hydrogens (tertiary/aromatic N) is 1. The van der Waals surface area contributed by atoms with Gasteiger partial charge in [0.05, 0.1) is 13.7 Å². The Kier molecular flexibility index (Phi) is 5.99. The van der Waals surface area contributed by atoms with Crippen LogP contribution in [0.15, 0.2) is 30.3 Å². The van der Waals surface area contributed by atoms with Crippen molar-refractivity contribution >= 4 is 24.2 Å². The van der Waals surface area contributed by atoms with Gasteiger partial charge in [0.15, 0.2) is 5.78 Å². The van der Waals surface area contributed by atoms with Crippen LogP contribution < -0.4 is 0 Å². The van der Waals surface area contributed by atoms with Crippen molar-refractivity contribution in [2.45, 2.75) is 13.0 Å². The fourth-order valence-electron chi connectivity index (χ4n) is 2.25. The minimum Gasteiger partial charge on any atom is -0.468 e. The quantitative estimate of drug-likeness (QED) is 0.625. The first-order valence-electron chi connectivity index (χ1n) is 6.07. The SMILES string of the molecule is COC(=O)C1CCN(Cc2ccccc2)CC1=O.Cl. The number of halogens is 1. The molecule has 0 aliphatic carbocycles. The lowest BCUT2D eigenvalue weighted by atomic mass is 9.95. The molecule has 1 aromatic rings. The Balaban J connectivity index is 0.00000180. The second-order valence-corrected chi connectivity index (χ2v) is 4.53. The smallest absolute Gasteiger partial charge is 0.316 e. The summed E-state index contributed by atoms with van der Waals surface area (Å²) in [5, 5.41) is 0. The van der Waals surface area contributed by atoms with Crippen LogP contribution in [-0.4, -0.2) is 36.9 Å². The van der Waals surface area contributed by atoms with Crippen molar-refractivity contribution < 1.29 is 14.3 Å². The summed E-state index contributed by atoms with van der Waals surface area (Å²) in [5.41, 5.74) is 1.18. The number of piperidine rings is 1. The maximum atomic E-state index is 11.9. The zero-order valence-corrected chi connectivity index (χ0v) is 11.7. The molecule has 0 spiro atoms. The highest BCUT2D eigenvalue weighted by Crippen LogP contribution is 2.17. The molecule has 1 atom stereocenters. The van der Waals surface area contributed by atoms with Crippen LogP contribution in [0.2, 0.25) is 0 Å². The molecular formula is C14H18ClNO3. The van der Waals surface area contributed by atoms with E-state index in [0.717, 1.165) is 13.1 Å². The first-order chi connectivity index (χ1) is 8.70. The number of benzene rings is 1. The number of hydrogen-bond acceptors (Lipinski definition) is 4. The number of Topliss-reactive ketones (excluding diaryl/α,β-unsaturated/α-hetero) is 1. The molecule has 104 valence electrons. The second-order valence-electron chi connectivity index (χ2n) is 4.53. The lowest BCUT2D eigenvalue weighted by Gasteiger charge is -2.29. The zero-order valence-electron chi connectivity index (χ0n) is 10.9. The van der Waals surface area contributed by atoms with Gasteiger partial charge in [-0.1, -0.05) is 30.3 Å². The molecule has 1 saturated heterocycles. The van der Waals surface area contributed by atoms with Crippen molar-refractivity contribution in [3.8, 4) is 0 Å². The van der Waals surface area contributed by atoms with Crippen LogP contribution >= 0.6 is 12.4 Å². The first-order valence-corrected chi connectivity index (χ1v) is 6.07. The highest BCUT2D eigenvalue weighted by Gasteiger charge is 2.32. The van der Waals surface area contributed by atoms with E-state index in [9.17, 15) is 9.59 Å². The van der Waals surface area contributed by atoms with Crippen LogP contribution in [0.3, 0.4) is 0 Å². The molecule has 0 saturated carbocycles. The molecule has 4 nitrogen and oxygen atoms in total. The molecule has 1 aliphatic rings. The van der Waals surface area contributed by atoms with Gasteiger partial charge in [0.1, 0.15) is 5.92 Å². The minimum absolute atomic E-state index is 0. The Bertz CT molecular complexity index is 436. The van der Waals surface area contributed by atoms with Gasteiger partial charge in [0.25, 0.3) is 0 Å². The molecule has 5 heteroatoms. The molecular weight excluding hydrogens is 266 g/mol. The van der Waals surface area contributed by atoms with Crippen LogP contribution in [0.25, 0.3) is 0 Å². The largest absolute Gasteiger partial charge is 0.468 e. The van der Waals surface area contributed by atoms with Crippen molar-refractivity contribution in [1.82, 2.24) is 4.90 Å². The van der Waals surface area contributed by atoms with Crippen LogP contribution in [0.5, 0.6) is 0 Å². The van der Waals surface area contributed by atoms with Gasteiger partial charge in [0.2, 0.25) is 0 Å². The summed E-state index contributed by atoms with van der Waals surface area (Å²) < 4.78 is 4.64. The van der Waals surface area contributed by atoms with E-state index in [2.05, 4.69) is 9.64 Å². The first kappa shape index (κ1) is 15.7. The summed E-state index contributed by atoms with van der Waals surface area (Å²) in [7, 11) is 1.33. The second kappa shape index (κ2) is 7.26. The summed E-state index contributed by atoms with van der Waals surface area (Å²) in [5.74, 6) is -1.01. The third-order valence-electron chi connectivity index (χ3n) is 3.24. The molecule has 0 radical (unpaired) electrons. The van der Waals surface area contributed by atoms with Crippen LogP contribution in [0, 0.1) is 5.92 Å². The standard InChI is InChI=1S/C14H17NO3.ClH/c1-18-14(17)12-7-8-15(10-13(12)16)9-11-5-3-2-4-6-11;/h2-6,12H,7-10H2,1H3;1H. The maximum absolute atomic E-state index is 11.9. The Morgan fingerprint density at radius 2 is 2.05 bits per heavy atom. The molecule has 1 heterocycles. The molecule has 1 aromatic carbocycles. The summed E-state index contributed by atoms with van der Waals surface area (Å²) in [6.07, 6.45) is 0.554. The highest BCUT2D eigenvalue weighted by molar-refractivity contribution is 6.00. The minimum atomic E-state index is -0.568. The average molecular weight is 284 g/mol. The zero-order chi connectivity index (χ0) is 13.0. The van der Waals surface area contributed by atoms with Gasteiger partial charge in [-0.3, -0.25) is 14.5 Å². The molecule has 0 N–H and O–H groups in total. The summed E-state index contributed by atoms with van der Waals surface area (Å²) in [6.45, 7) is 1.83. The third kappa shape index (κ3) is 4.04. The monoisotopic (exact) mass is 283 g/mol. The van der Waals surface area contributed by atoms with E-state index in [1.165, 1.54) is 12.7 Å². The van der Waals surface area contributed by atoms with Crippen LogP contribution in [-0.2, 0) is 20.9 Å². The van der Waals surface area contributed by atoms with Gasteiger partial charge in [-0.25, -0.2) is 0 Å². The van der Waals surface area contributed by atoms with E-state index >= 15 is 0 Å². The molecule has 0 aromatic heterocycles. The highest BCUT2D eigenvalue weighted by atomic mass is 35.5. The number of esters is 1. The lowest BCUT2D eigenvalue weighted by molar-refractivity contribution is -0.151. The fraction of sp³-hybridized carbons (Fsp3) is 0.429. The van der Waals surface area contributed by atoms with E-state index in [1.807, 2.05) is 30.3 Å². The lowest BCUT2D eigenvalue weighted by Crippen LogP contribution is -2.43. The van der Waals surface area contributed by atoms with Crippen molar-refractivity contribution in [2.24, 2.45) is 5.92 Å². The molecule has 1 unspecified atom stereocenters. The molecule has 2 rings (SSSR count). The summed E-state index contributed by atoms with van der Waals surface area (Å²) in [4.78, 5) is 25.3. The van der Waals surface area contributed by atoms with Gasteiger partial charge in [0, 0.05) is 13.1 Å². The molecule has 1 fully saturated rings. The average Bonchev–Trinajstić information content (AvgIpc) is 2.39. The van der Waals surface area contributed by atoms with E-state index < -0.39 is 11.9 Å². The van der Waals surface area contributed by atoms with Crippen molar-refractivity contribution in [1.29, 1.82) is 0 Å². The predicted octanol–water partition coefficient (Wildman–Crippen LogP) is 1.67. The van der Waals surface area contributed by atoms with Crippen molar-refractivity contribution in [3.05, 3.63) is 35.9 Å². The number of ether oxygens (including phenoxy) is 1. The van der Waals surface area contributed by atoms with E-state index in [4.69, 9.17) is 0 Å². The Morgan fingerprint density at radius 3 is 2.63 bits per heavy atom. The number of hydrogen-bond donors (Lipinski definition) is 0. The van der Waals surface area contributed by atoms with Gasteiger partial charge >= 0.3 is 5.97 Å². The third-order valence-corrected chi connectivity index (χ3v) is 3.24. The van der Waals surface area contributed by atoms with E-state index in [0.29, 0.717) is 13.0 Å². The van der Waals surface area contributed by atoms with Gasteiger partial charge in [-0.2, -0.15) is 0 Å². The number of likely N-dealkylation sites (tertiary alicyclic amines) is 1. The number of methoxy groups -OCH3 is 1. The van der Waals surface area contributed by atoms with Gasteiger partial charge in [-0.05, 0) is 12.0 Å². The molecule has 0 amide bonds. The number of carbonyl (C=O) groups excluding carboxylic acids is 2. The summed E-state index contributed by atoms with van der Waals surface area (Å²) >= 11 is 0. The van der Waals surface area contributed by atoms with E-state index in [1.54, 1.807) is 0 Å². The number of ketones is 1. The fourth-order valence-corrected chi connectivity index (χ4v) is 2.25. The topological polar surface area (TPSA) is 46.6 Å². The van der Waals surface area contributed by atoms with E-state index in [-0.39, 0.29) is 18.2 Å². The maximum Gasteiger partial charge on any atom is 0.316 e. The van der Waals surface area contributed by atoms with Crippen LogP contribution in [0.4, 0.5) is 0 Å². The van der Waals surface area contributed by atoms with Crippen molar-refractivity contribution in [3.63, 3.8) is 0 Å². The Hall–Kier alpha value is -1.39. The molecule has 0 bridgehead atoms. The molecule has 19 heavy (non-hydrogen) atoms. The Morgan fingerprint density at radius 1 is 1.37 bits per heavy atom. The van der Waals surface area contributed by atoms with Gasteiger partial charge < -0.3 is 4.74 Å².